The van der Waals surface area contributed by atoms with E-state index in [9.17, 15) is 4.79 Å². The maximum atomic E-state index is 10.5. The van der Waals surface area contributed by atoms with Gasteiger partial charge in [-0.2, -0.15) is 0 Å². The molecule has 5 nitrogen and oxygen atoms in total. The second-order valence-corrected chi connectivity index (χ2v) is 6.09. The van der Waals surface area contributed by atoms with Gasteiger partial charge in [0.2, 0.25) is 0 Å². The zero-order valence-corrected chi connectivity index (χ0v) is 14.5. The highest BCUT2D eigenvalue weighted by atomic mass is 32.2. The molecular weight excluding hydrogens is 336 g/mol. The molecule has 0 amide bonds. The Labute approximate surface area is 143 Å². The van der Waals surface area contributed by atoms with Crippen molar-refractivity contribution in [3.8, 4) is 11.5 Å². The molecule has 23 heavy (non-hydrogen) atoms. The van der Waals surface area contributed by atoms with Crippen LogP contribution < -0.4 is 9.47 Å². The van der Waals surface area contributed by atoms with Crippen LogP contribution in [0.25, 0.3) is 6.08 Å². The number of fused-ring (bicyclic) bond motifs is 1. The van der Waals surface area contributed by atoms with Gasteiger partial charge in [0.15, 0.2) is 29.3 Å². The highest BCUT2D eigenvalue weighted by Gasteiger charge is 2.17. The van der Waals surface area contributed by atoms with E-state index in [0.29, 0.717) is 42.9 Å². The van der Waals surface area contributed by atoms with Crippen molar-refractivity contribution in [1.29, 1.82) is 0 Å². The lowest BCUT2D eigenvalue weighted by Crippen LogP contribution is -2.14. The number of rotatable bonds is 3. The number of ether oxygens (including phenoxy) is 4. The van der Waals surface area contributed by atoms with Crippen LogP contribution in [-0.2, 0) is 14.3 Å². The summed E-state index contributed by atoms with van der Waals surface area (Å²) < 4.78 is 21.1. The van der Waals surface area contributed by atoms with Gasteiger partial charge in [-0.3, -0.25) is 4.79 Å². The van der Waals surface area contributed by atoms with Gasteiger partial charge in [-0.05, 0) is 12.3 Å². The van der Waals surface area contributed by atoms with Crippen molar-refractivity contribution in [2.75, 3.05) is 32.7 Å². The van der Waals surface area contributed by atoms with Crippen LogP contribution in [0.15, 0.2) is 35.0 Å². The van der Waals surface area contributed by atoms with Crippen molar-refractivity contribution in [1.82, 2.24) is 0 Å². The summed E-state index contributed by atoms with van der Waals surface area (Å²) in [6, 6.07) is 0. The first-order valence-corrected chi connectivity index (χ1v) is 8.99. The van der Waals surface area contributed by atoms with E-state index in [4.69, 9.17) is 18.9 Å². The molecule has 2 aliphatic rings. The van der Waals surface area contributed by atoms with E-state index in [1.54, 1.807) is 17.4 Å². The smallest absolute Gasteiger partial charge is 0.179 e. The Hall–Kier alpha value is -1.86. The van der Waals surface area contributed by atoms with Crippen molar-refractivity contribution < 1.29 is 23.7 Å². The molecule has 0 radical (unpaired) electrons. The van der Waals surface area contributed by atoms with Gasteiger partial charge in [-0.15, -0.1) is 23.1 Å². The second-order valence-electron chi connectivity index (χ2n) is 4.33. The van der Waals surface area contributed by atoms with Gasteiger partial charge in [0, 0.05) is 5.38 Å². The van der Waals surface area contributed by atoms with Gasteiger partial charge < -0.3 is 18.9 Å². The van der Waals surface area contributed by atoms with Crippen molar-refractivity contribution in [2.24, 2.45) is 0 Å². The van der Waals surface area contributed by atoms with Crippen molar-refractivity contribution in [3.63, 3.8) is 0 Å². The van der Waals surface area contributed by atoms with E-state index in [0.717, 1.165) is 22.7 Å². The van der Waals surface area contributed by atoms with Crippen LogP contribution in [0.1, 0.15) is 4.88 Å². The number of carbonyl (C=O) groups excluding carboxylic acids is 1. The number of allylic oxidation sites excluding steroid dienone is 1. The molecule has 1 aromatic rings. The predicted molar refractivity (Wildman–Crippen MR) is 93.0 cm³/mol. The van der Waals surface area contributed by atoms with Crippen molar-refractivity contribution in [3.05, 3.63) is 39.8 Å². The monoisotopic (exact) mass is 354 g/mol. The summed E-state index contributed by atoms with van der Waals surface area (Å²) in [5.41, 5.74) is 0. The molecule has 0 N–H and O–H groups in total. The molecule has 0 unspecified atom stereocenters. The molecule has 7 heteroatoms. The van der Waals surface area contributed by atoms with Crippen LogP contribution in [0.4, 0.5) is 0 Å². The first-order chi connectivity index (χ1) is 11.2. The number of thiophene rings is 1. The third-order valence-corrected chi connectivity index (χ3v) is 4.58. The fourth-order valence-corrected chi connectivity index (χ4v) is 3.11. The summed E-state index contributed by atoms with van der Waals surface area (Å²) in [5.74, 6) is 2.63. The lowest BCUT2D eigenvalue weighted by molar-refractivity contribution is -0.104. The van der Waals surface area contributed by atoms with Crippen LogP contribution in [0.5, 0.6) is 11.5 Å². The molecule has 1 fully saturated rings. The normalized spacial score (nSPS) is 17.9. The third kappa shape index (κ3) is 4.33. The first kappa shape index (κ1) is 17.5. The summed E-state index contributed by atoms with van der Waals surface area (Å²) in [4.78, 5) is 12.1. The molecule has 0 aromatic carbocycles. The van der Waals surface area contributed by atoms with E-state index in [-0.39, 0.29) is 0 Å². The molecule has 124 valence electrons. The Kier molecular flexibility index (Phi) is 6.61. The van der Waals surface area contributed by atoms with Crippen LogP contribution in [0.2, 0.25) is 0 Å². The number of hydrogen-bond acceptors (Lipinski definition) is 7. The third-order valence-electron chi connectivity index (χ3n) is 2.92. The van der Waals surface area contributed by atoms with Crippen LogP contribution in [-0.4, -0.2) is 39.0 Å². The van der Waals surface area contributed by atoms with Crippen LogP contribution in [0, 0.1) is 0 Å². The topological polar surface area (TPSA) is 54.0 Å². The Balaban J connectivity index is 0.000000167. The molecule has 0 spiro atoms. The lowest BCUT2D eigenvalue weighted by Gasteiger charge is -2.20. The molecule has 3 rings (SSSR count). The molecular formula is C16H18O5S2. The summed E-state index contributed by atoms with van der Waals surface area (Å²) in [5, 5.41) is 1.95. The molecule has 2 aliphatic heterocycles. The van der Waals surface area contributed by atoms with Crippen LogP contribution in [0.3, 0.4) is 0 Å². The van der Waals surface area contributed by atoms with Crippen LogP contribution >= 0.6 is 23.1 Å². The number of hydrogen-bond donors (Lipinski definition) is 0. The fraction of sp³-hybridized carbons (Fsp3) is 0.312. The Morgan fingerprint density at radius 1 is 1.22 bits per heavy atom. The minimum Gasteiger partial charge on any atom is -0.487 e. The molecule has 3 heterocycles. The zero-order valence-electron chi connectivity index (χ0n) is 12.8. The average molecular weight is 354 g/mol. The van der Waals surface area contributed by atoms with E-state index < -0.39 is 0 Å². The van der Waals surface area contributed by atoms with Gasteiger partial charge in [0.05, 0.1) is 9.78 Å². The second kappa shape index (κ2) is 8.69. The highest BCUT2D eigenvalue weighted by Crippen LogP contribution is 2.39. The maximum absolute atomic E-state index is 10.5. The molecule has 0 aliphatic carbocycles. The average Bonchev–Trinajstić information content (AvgIpc) is 3.01. The van der Waals surface area contributed by atoms with Gasteiger partial charge in [-0.1, -0.05) is 13.2 Å². The minimum atomic E-state index is 0.442. The molecule has 1 aromatic heterocycles. The maximum Gasteiger partial charge on any atom is 0.179 e. The molecule has 0 bridgehead atoms. The lowest BCUT2D eigenvalue weighted by atomic mass is 10.4. The predicted octanol–water partition coefficient (Wildman–Crippen LogP) is 3.48. The van der Waals surface area contributed by atoms with Gasteiger partial charge >= 0.3 is 0 Å². The van der Waals surface area contributed by atoms with Gasteiger partial charge in [0.1, 0.15) is 26.4 Å². The first-order valence-electron chi connectivity index (χ1n) is 6.89. The molecule has 0 saturated carbocycles. The fourth-order valence-electron chi connectivity index (χ4n) is 1.88. The van der Waals surface area contributed by atoms with E-state index >= 15 is 0 Å². The van der Waals surface area contributed by atoms with Gasteiger partial charge in [-0.25, -0.2) is 0 Å². The number of thioether (sulfide) groups is 1. The Bertz CT molecular complexity index is 618. The Morgan fingerprint density at radius 2 is 1.91 bits per heavy atom. The molecule has 1 saturated heterocycles. The highest BCUT2D eigenvalue weighted by molar-refractivity contribution is 8.03. The zero-order chi connectivity index (χ0) is 16.7. The minimum absolute atomic E-state index is 0.442. The summed E-state index contributed by atoms with van der Waals surface area (Å²) in [6.45, 7) is 9.60. The quantitative estimate of drug-likeness (QED) is 0.612. The summed E-state index contributed by atoms with van der Waals surface area (Å²) in [7, 11) is 0. The largest absolute Gasteiger partial charge is 0.487 e. The SMILES string of the molecule is C=C1OCCO/C1=C(\C=O)SC.C=Cc1scc2c1OCCO2. The summed E-state index contributed by atoms with van der Waals surface area (Å²) in [6.07, 6.45) is 4.35. The van der Waals surface area contributed by atoms with Crippen molar-refractivity contribution in [2.45, 2.75) is 0 Å². The van der Waals surface area contributed by atoms with Crippen molar-refractivity contribution >= 4 is 35.5 Å². The van der Waals surface area contributed by atoms with E-state index in [1.807, 2.05) is 11.6 Å². The standard InChI is InChI=1S/C8H10O3S.C8H8O2S/c1-6-8(7(5-9)12-2)11-4-3-10-6;1-2-7-8-6(5-11-7)9-3-4-10-8/h5H,1,3-4H2,2H3;2,5H,1,3-4H2/b8-7+;. The number of aldehydes is 1. The van der Waals surface area contributed by atoms with E-state index in [2.05, 4.69) is 13.2 Å². The van der Waals surface area contributed by atoms with E-state index in [1.165, 1.54) is 11.8 Å². The number of carbonyl (C=O) groups is 1. The summed E-state index contributed by atoms with van der Waals surface area (Å²) >= 11 is 2.92. The molecule has 0 atom stereocenters. The van der Waals surface area contributed by atoms with Gasteiger partial charge in [0.25, 0.3) is 0 Å². The Morgan fingerprint density at radius 3 is 2.57 bits per heavy atom.